The predicted octanol–water partition coefficient (Wildman–Crippen LogP) is 1.65. The minimum atomic E-state index is -0.421. The number of benzene rings is 1. The molecule has 0 aromatic heterocycles. The van der Waals surface area contributed by atoms with Crippen LogP contribution in [0.15, 0.2) is 28.7 Å². The van der Waals surface area contributed by atoms with Crippen LogP contribution in [0.25, 0.3) is 0 Å². The van der Waals surface area contributed by atoms with Gasteiger partial charge in [-0.25, -0.2) is 4.79 Å². The average Bonchev–Trinajstić information content (AvgIpc) is 3.28. The minimum Gasteiger partial charge on any atom is -0.378 e. The van der Waals surface area contributed by atoms with E-state index in [-0.39, 0.29) is 36.5 Å². The summed E-state index contributed by atoms with van der Waals surface area (Å²) in [6, 6.07) is 7.12. The van der Waals surface area contributed by atoms with E-state index in [1.54, 1.807) is 12.0 Å². The maximum absolute atomic E-state index is 12.7. The number of rotatable bonds is 5. The normalized spacial score (nSPS) is 24.4. The number of halogens is 2. The van der Waals surface area contributed by atoms with Gasteiger partial charge in [0, 0.05) is 37.8 Å². The smallest absolute Gasteiger partial charge is 0.318 e. The first-order chi connectivity index (χ1) is 12.6. The van der Waals surface area contributed by atoms with Gasteiger partial charge < -0.3 is 25.6 Å². The average molecular weight is 462 g/mol. The van der Waals surface area contributed by atoms with Crippen molar-refractivity contribution in [2.45, 2.75) is 37.6 Å². The van der Waals surface area contributed by atoms with E-state index in [2.05, 4.69) is 31.9 Å². The van der Waals surface area contributed by atoms with E-state index in [1.807, 2.05) is 24.3 Å². The molecule has 27 heavy (non-hydrogen) atoms. The largest absolute Gasteiger partial charge is 0.378 e. The number of ether oxygens (including phenoxy) is 1. The fourth-order valence-corrected chi connectivity index (χ4v) is 3.98. The molecular formula is C18H26BrClN4O3. The Balaban J connectivity index is 0.00000261. The standard InChI is InChI=1S/C18H25BrN4O3.ClH/c1-26-16-11-20-10-14(16)22-17(24)15-6-3-7-23(15)18(25)21-9-12-4-2-5-13(19)8-12;/h2,4-5,8,14-16,20H,3,6-7,9-11H2,1H3,(H,21,25)(H,22,24);1H/t14?,15-,16-;/m0./s1. The maximum atomic E-state index is 12.7. The van der Waals surface area contributed by atoms with Crippen LogP contribution in [0.2, 0.25) is 0 Å². The highest BCUT2D eigenvalue weighted by molar-refractivity contribution is 9.10. The van der Waals surface area contributed by atoms with Gasteiger partial charge in [0.2, 0.25) is 5.91 Å². The van der Waals surface area contributed by atoms with Gasteiger partial charge in [-0.3, -0.25) is 4.79 Å². The number of hydrogen-bond donors (Lipinski definition) is 3. The Morgan fingerprint density at radius 2 is 2.19 bits per heavy atom. The zero-order valence-corrected chi connectivity index (χ0v) is 17.6. The monoisotopic (exact) mass is 460 g/mol. The van der Waals surface area contributed by atoms with Crippen LogP contribution in [0.4, 0.5) is 4.79 Å². The Hall–Kier alpha value is -1.35. The van der Waals surface area contributed by atoms with Gasteiger partial charge in [0.25, 0.3) is 0 Å². The molecule has 0 saturated carbocycles. The summed E-state index contributed by atoms with van der Waals surface area (Å²) in [5.74, 6) is -0.101. The summed E-state index contributed by atoms with van der Waals surface area (Å²) in [7, 11) is 1.65. The summed E-state index contributed by atoms with van der Waals surface area (Å²) < 4.78 is 6.36. The SMILES string of the molecule is CO[C@H]1CNCC1NC(=O)[C@@H]1CCCN1C(=O)NCc1cccc(Br)c1.Cl. The van der Waals surface area contributed by atoms with Crippen LogP contribution >= 0.6 is 28.3 Å². The molecule has 0 aliphatic carbocycles. The Kier molecular flexibility index (Phi) is 8.34. The van der Waals surface area contributed by atoms with Crippen LogP contribution in [0.5, 0.6) is 0 Å². The molecule has 0 bridgehead atoms. The number of amides is 3. The molecule has 2 heterocycles. The number of urea groups is 1. The number of carbonyl (C=O) groups is 2. The lowest BCUT2D eigenvalue weighted by atomic mass is 10.1. The second kappa shape index (κ2) is 10.3. The first-order valence-corrected chi connectivity index (χ1v) is 9.70. The molecule has 2 aliphatic rings. The zero-order valence-electron chi connectivity index (χ0n) is 15.2. The van der Waals surface area contributed by atoms with Gasteiger partial charge in [0.05, 0.1) is 12.1 Å². The van der Waals surface area contributed by atoms with Gasteiger partial charge >= 0.3 is 6.03 Å². The molecule has 3 amide bonds. The molecule has 3 atom stereocenters. The highest BCUT2D eigenvalue weighted by atomic mass is 79.9. The highest BCUT2D eigenvalue weighted by Crippen LogP contribution is 2.19. The summed E-state index contributed by atoms with van der Waals surface area (Å²) in [5, 5.41) is 9.16. The lowest BCUT2D eigenvalue weighted by Crippen LogP contribution is -2.53. The quantitative estimate of drug-likeness (QED) is 0.623. The molecule has 0 radical (unpaired) electrons. The molecule has 9 heteroatoms. The molecule has 2 aliphatic heterocycles. The van der Waals surface area contributed by atoms with Gasteiger partial charge in [0.1, 0.15) is 6.04 Å². The van der Waals surface area contributed by atoms with Crippen molar-refractivity contribution in [2.24, 2.45) is 0 Å². The number of likely N-dealkylation sites (tertiary alicyclic amines) is 1. The maximum Gasteiger partial charge on any atom is 0.318 e. The molecule has 1 unspecified atom stereocenters. The van der Waals surface area contributed by atoms with Gasteiger partial charge in [-0.1, -0.05) is 28.1 Å². The van der Waals surface area contributed by atoms with E-state index in [9.17, 15) is 9.59 Å². The first kappa shape index (κ1) is 21.9. The van der Waals surface area contributed by atoms with E-state index >= 15 is 0 Å². The molecule has 3 N–H and O–H groups in total. The molecule has 150 valence electrons. The van der Waals surface area contributed by atoms with Crippen LogP contribution in [0.3, 0.4) is 0 Å². The van der Waals surface area contributed by atoms with E-state index < -0.39 is 6.04 Å². The lowest BCUT2D eigenvalue weighted by Gasteiger charge is -2.27. The number of nitrogens with zero attached hydrogens (tertiary/aromatic N) is 1. The van der Waals surface area contributed by atoms with Gasteiger partial charge in [-0.05, 0) is 30.5 Å². The molecular weight excluding hydrogens is 436 g/mol. The van der Waals surface area contributed by atoms with Crippen LogP contribution < -0.4 is 16.0 Å². The highest BCUT2D eigenvalue weighted by Gasteiger charge is 2.37. The summed E-state index contributed by atoms with van der Waals surface area (Å²) in [5.41, 5.74) is 1.01. The summed E-state index contributed by atoms with van der Waals surface area (Å²) >= 11 is 3.42. The fourth-order valence-electron chi connectivity index (χ4n) is 3.53. The van der Waals surface area contributed by atoms with Crippen molar-refractivity contribution in [1.82, 2.24) is 20.9 Å². The van der Waals surface area contributed by atoms with Crippen molar-refractivity contribution in [1.29, 1.82) is 0 Å². The van der Waals surface area contributed by atoms with Crippen molar-refractivity contribution in [2.75, 3.05) is 26.7 Å². The second-order valence-corrected chi connectivity index (χ2v) is 7.60. The number of nitrogens with one attached hydrogen (secondary N) is 3. The Labute approximate surface area is 174 Å². The Morgan fingerprint density at radius 1 is 1.37 bits per heavy atom. The van der Waals surface area contributed by atoms with E-state index in [1.165, 1.54) is 0 Å². The van der Waals surface area contributed by atoms with Crippen LogP contribution in [0, 0.1) is 0 Å². The molecule has 3 rings (SSSR count). The van der Waals surface area contributed by atoms with Crippen molar-refractivity contribution < 1.29 is 14.3 Å². The molecule has 1 aromatic carbocycles. The lowest BCUT2D eigenvalue weighted by molar-refractivity contribution is -0.126. The summed E-state index contributed by atoms with van der Waals surface area (Å²) in [4.78, 5) is 26.9. The van der Waals surface area contributed by atoms with Gasteiger partial charge in [0.15, 0.2) is 0 Å². The van der Waals surface area contributed by atoms with Crippen LogP contribution in [0.1, 0.15) is 18.4 Å². The third-order valence-electron chi connectivity index (χ3n) is 4.94. The van der Waals surface area contributed by atoms with Crippen molar-refractivity contribution in [3.8, 4) is 0 Å². The van der Waals surface area contributed by atoms with Gasteiger partial charge in [-0.15, -0.1) is 12.4 Å². The van der Waals surface area contributed by atoms with Gasteiger partial charge in [-0.2, -0.15) is 0 Å². The van der Waals surface area contributed by atoms with E-state index in [4.69, 9.17) is 4.74 Å². The number of hydrogen-bond acceptors (Lipinski definition) is 4. The first-order valence-electron chi connectivity index (χ1n) is 8.91. The van der Waals surface area contributed by atoms with Crippen molar-refractivity contribution in [3.05, 3.63) is 34.3 Å². The van der Waals surface area contributed by atoms with Crippen molar-refractivity contribution in [3.63, 3.8) is 0 Å². The Morgan fingerprint density at radius 3 is 2.93 bits per heavy atom. The molecule has 2 saturated heterocycles. The topological polar surface area (TPSA) is 82.7 Å². The van der Waals surface area contributed by atoms with Crippen molar-refractivity contribution >= 4 is 40.3 Å². The number of methoxy groups -OCH3 is 1. The summed E-state index contributed by atoms with van der Waals surface area (Å²) in [6.45, 7) is 2.44. The Bertz CT molecular complexity index is 663. The third kappa shape index (κ3) is 5.57. The van der Waals surface area contributed by atoms with Crippen LogP contribution in [-0.2, 0) is 16.1 Å². The summed E-state index contributed by atoms with van der Waals surface area (Å²) in [6.07, 6.45) is 1.49. The van der Waals surface area contributed by atoms with E-state index in [0.29, 0.717) is 26.1 Å². The molecule has 7 nitrogen and oxygen atoms in total. The third-order valence-corrected chi connectivity index (χ3v) is 5.43. The van der Waals surface area contributed by atoms with Crippen LogP contribution in [-0.4, -0.2) is 61.8 Å². The number of carbonyl (C=O) groups excluding carboxylic acids is 2. The fraction of sp³-hybridized carbons (Fsp3) is 0.556. The van der Waals surface area contributed by atoms with E-state index in [0.717, 1.165) is 23.0 Å². The molecule has 1 aromatic rings. The predicted molar refractivity (Wildman–Crippen MR) is 109 cm³/mol. The minimum absolute atomic E-state index is 0. The molecule has 0 spiro atoms. The zero-order chi connectivity index (χ0) is 18.5. The molecule has 2 fully saturated rings. The second-order valence-electron chi connectivity index (χ2n) is 6.69.